The van der Waals surface area contributed by atoms with Crippen LogP contribution in [0, 0.1) is 5.92 Å². The van der Waals surface area contributed by atoms with Crippen molar-refractivity contribution in [2.45, 2.75) is 25.3 Å². The molecule has 1 atom stereocenters. The van der Waals surface area contributed by atoms with Crippen molar-refractivity contribution in [2.75, 3.05) is 33.3 Å². The minimum Gasteiger partial charge on any atom is -0.493 e. The zero-order valence-electron chi connectivity index (χ0n) is 13.7. The fourth-order valence-corrected chi connectivity index (χ4v) is 3.19. The number of likely N-dealkylation sites (tertiary alicyclic amines) is 1. The molecule has 6 heteroatoms. The van der Waals surface area contributed by atoms with Gasteiger partial charge in [-0.15, -0.1) is 24.0 Å². The molecule has 3 N–H and O–H groups in total. The molecule has 0 amide bonds. The fraction of sp³-hybridized carbons (Fsp3) is 0.588. The van der Waals surface area contributed by atoms with E-state index in [0.717, 1.165) is 25.3 Å². The molecule has 0 saturated carbocycles. The molecule has 2 aliphatic rings. The van der Waals surface area contributed by atoms with Gasteiger partial charge in [0, 0.05) is 18.5 Å². The van der Waals surface area contributed by atoms with E-state index in [4.69, 9.17) is 10.5 Å². The van der Waals surface area contributed by atoms with Gasteiger partial charge in [0.2, 0.25) is 0 Å². The third kappa shape index (κ3) is 4.97. The lowest BCUT2D eigenvalue weighted by molar-refractivity contribution is 0.223. The Labute approximate surface area is 155 Å². The van der Waals surface area contributed by atoms with Crippen molar-refractivity contribution in [1.29, 1.82) is 0 Å². The normalized spacial score (nSPS) is 22.7. The van der Waals surface area contributed by atoms with Crippen LogP contribution >= 0.6 is 24.0 Å². The van der Waals surface area contributed by atoms with Crippen molar-refractivity contribution < 1.29 is 4.74 Å². The van der Waals surface area contributed by atoms with E-state index in [1.165, 1.54) is 31.5 Å². The second kappa shape index (κ2) is 8.73. The summed E-state index contributed by atoms with van der Waals surface area (Å²) in [5, 5.41) is 3.36. The van der Waals surface area contributed by atoms with Gasteiger partial charge in [-0.3, -0.25) is 4.99 Å². The SMILES string of the molecule is CN1CCC(CN=C(N)NC2CCOc3ccccc32)CC1.I. The highest BCUT2D eigenvalue weighted by Crippen LogP contribution is 2.31. The van der Waals surface area contributed by atoms with Crippen LogP contribution in [0.15, 0.2) is 29.3 Å². The maximum Gasteiger partial charge on any atom is 0.189 e. The number of halogens is 1. The second-order valence-electron chi connectivity index (χ2n) is 6.34. The van der Waals surface area contributed by atoms with E-state index in [-0.39, 0.29) is 30.0 Å². The van der Waals surface area contributed by atoms with Crippen LogP contribution in [-0.2, 0) is 0 Å². The Morgan fingerprint density at radius 2 is 2.04 bits per heavy atom. The van der Waals surface area contributed by atoms with Crippen LogP contribution in [0.5, 0.6) is 5.75 Å². The molecule has 1 aromatic carbocycles. The molecule has 128 valence electrons. The Bertz CT molecular complexity index is 529. The minimum absolute atomic E-state index is 0. The molecule has 0 aliphatic carbocycles. The number of hydrogen-bond acceptors (Lipinski definition) is 3. The van der Waals surface area contributed by atoms with Crippen molar-refractivity contribution in [2.24, 2.45) is 16.6 Å². The van der Waals surface area contributed by atoms with Crippen LogP contribution in [0.2, 0.25) is 0 Å². The predicted molar refractivity (Wildman–Crippen MR) is 105 cm³/mol. The number of benzene rings is 1. The number of hydrogen-bond donors (Lipinski definition) is 2. The third-order valence-electron chi connectivity index (χ3n) is 4.64. The Balaban J connectivity index is 0.00000192. The molecule has 2 heterocycles. The van der Waals surface area contributed by atoms with Gasteiger partial charge >= 0.3 is 0 Å². The highest BCUT2D eigenvalue weighted by atomic mass is 127. The summed E-state index contributed by atoms with van der Waals surface area (Å²) in [6.07, 6.45) is 3.35. The lowest BCUT2D eigenvalue weighted by Crippen LogP contribution is -2.38. The van der Waals surface area contributed by atoms with Gasteiger partial charge in [0.05, 0.1) is 12.6 Å². The molecule has 0 spiro atoms. The molecule has 0 aromatic heterocycles. The van der Waals surface area contributed by atoms with E-state index >= 15 is 0 Å². The van der Waals surface area contributed by atoms with Gasteiger partial charge in [0.15, 0.2) is 5.96 Å². The number of para-hydroxylation sites is 1. The van der Waals surface area contributed by atoms with E-state index in [1.54, 1.807) is 0 Å². The van der Waals surface area contributed by atoms with Crippen LogP contribution in [0.3, 0.4) is 0 Å². The Morgan fingerprint density at radius 1 is 1.30 bits per heavy atom. The molecule has 23 heavy (non-hydrogen) atoms. The molecular formula is C17H27IN4O. The zero-order valence-corrected chi connectivity index (χ0v) is 16.0. The monoisotopic (exact) mass is 430 g/mol. The van der Waals surface area contributed by atoms with Gasteiger partial charge in [-0.2, -0.15) is 0 Å². The van der Waals surface area contributed by atoms with Crippen LogP contribution in [-0.4, -0.2) is 44.1 Å². The maximum absolute atomic E-state index is 6.09. The number of nitrogens with zero attached hydrogens (tertiary/aromatic N) is 2. The summed E-state index contributed by atoms with van der Waals surface area (Å²) in [6, 6.07) is 8.34. The van der Waals surface area contributed by atoms with Crippen LogP contribution in [0.1, 0.15) is 30.9 Å². The number of ether oxygens (including phenoxy) is 1. The predicted octanol–water partition coefficient (Wildman–Crippen LogP) is 2.37. The lowest BCUT2D eigenvalue weighted by Gasteiger charge is -2.28. The summed E-state index contributed by atoms with van der Waals surface area (Å²) in [7, 11) is 2.18. The minimum atomic E-state index is 0. The van der Waals surface area contributed by atoms with Gasteiger partial charge in [0.25, 0.3) is 0 Å². The number of aliphatic imine (C=N–C) groups is 1. The number of rotatable bonds is 3. The first-order valence-electron chi connectivity index (χ1n) is 8.19. The van der Waals surface area contributed by atoms with Gasteiger partial charge in [0.1, 0.15) is 5.75 Å². The first kappa shape index (κ1) is 18.3. The Morgan fingerprint density at radius 3 is 2.83 bits per heavy atom. The summed E-state index contributed by atoms with van der Waals surface area (Å²) in [5.74, 6) is 2.17. The molecule has 1 aromatic rings. The molecule has 1 saturated heterocycles. The number of fused-ring (bicyclic) bond motifs is 1. The molecule has 1 unspecified atom stereocenters. The van der Waals surface area contributed by atoms with Gasteiger partial charge in [-0.05, 0) is 45.0 Å². The van der Waals surface area contributed by atoms with Crippen molar-refractivity contribution in [3.63, 3.8) is 0 Å². The average molecular weight is 430 g/mol. The maximum atomic E-state index is 6.09. The molecule has 3 rings (SSSR count). The Kier molecular flexibility index (Phi) is 6.95. The molecule has 0 bridgehead atoms. The molecule has 0 radical (unpaired) electrons. The van der Waals surface area contributed by atoms with Crippen molar-refractivity contribution >= 4 is 29.9 Å². The van der Waals surface area contributed by atoms with E-state index in [2.05, 4.69) is 28.3 Å². The topological polar surface area (TPSA) is 62.9 Å². The lowest BCUT2D eigenvalue weighted by atomic mass is 9.97. The summed E-state index contributed by atoms with van der Waals surface area (Å²) < 4.78 is 5.68. The quantitative estimate of drug-likeness (QED) is 0.439. The molecule has 1 fully saturated rings. The fourth-order valence-electron chi connectivity index (χ4n) is 3.19. The van der Waals surface area contributed by atoms with Gasteiger partial charge in [-0.25, -0.2) is 0 Å². The number of nitrogens with two attached hydrogens (primary N) is 1. The van der Waals surface area contributed by atoms with Gasteiger partial charge in [-0.1, -0.05) is 18.2 Å². The standard InChI is InChI=1S/C17H26N4O.HI/c1-21-9-6-13(7-10-21)12-19-17(18)20-15-8-11-22-16-5-3-2-4-14(15)16;/h2-5,13,15H,6-12H2,1H3,(H3,18,19,20);1H. The summed E-state index contributed by atoms with van der Waals surface area (Å²) in [5.41, 5.74) is 7.27. The number of guanidine groups is 1. The number of piperidine rings is 1. The summed E-state index contributed by atoms with van der Waals surface area (Å²) >= 11 is 0. The van der Waals surface area contributed by atoms with Crippen molar-refractivity contribution in [1.82, 2.24) is 10.2 Å². The van der Waals surface area contributed by atoms with Crippen molar-refractivity contribution in [3.8, 4) is 5.75 Å². The summed E-state index contributed by atoms with van der Waals surface area (Å²) in [6.45, 7) is 3.89. The van der Waals surface area contributed by atoms with E-state index in [1.807, 2.05) is 18.2 Å². The van der Waals surface area contributed by atoms with Crippen molar-refractivity contribution in [3.05, 3.63) is 29.8 Å². The van der Waals surface area contributed by atoms with E-state index in [9.17, 15) is 0 Å². The summed E-state index contributed by atoms with van der Waals surface area (Å²) in [4.78, 5) is 6.94. The average Bonchev–Trinajstić information content (AvgIpc) is 2.55. The third-order valence-corrected chi connectivity index (χ3v) is 4.64. The highest BCUT2D eigenvalue weighted by molar-refractivity contribution is 14.0. The first-order valence-corrected chi connectivity index (χ1v) is 8.19. The molecular weight excluding hydrogens is 403 g/mol. The van der Waals surface area contributed by atoms with Gasteiger partial charge < -0.3 is 20.7 Å². The molecule has 2 aliphatic heterocycles. The largest absolute Gasteiger partial charge is 0.493 e. The first-order chi connectivity index (χ1) is 10.7. The van der Waals surface area contributed by atoms with E-state index < -0.39 is 0 Å². The smallest absolute Gasteiger partial charge is 0.189 e. The van der Waals surface area contributed by atoms with Crippen LogP contribution in [0.4, 0.5) is 0 Å². The van der Waals surface area contributed by atoms with E-state index in [0.29, 0.717) is 11.9 Å². The van der Waals surface area contributed by atoms with Crippen LogP contribution < -0.4 is 15.8 Å². The second-order valence-corrected chi connectivity index (χ2v) is 6.34. The van der Waals surface area contributed by atoms with Crippen LogP contribution in [0.25, 0.3) is 0 Å². The zero-order chi connectivity index (χ0) is 15.4. The number of nitrogens with one attached hydrogen (secondary N) is 1. The highest BCUT2D eigenvalue weighted by Gasteiger charge is 2.21. The Hall–Kier alpha value is -1.02. The molecule has 5 nitrogen and oxygen atoms in total.